The molecular weight excluding hydrogens is 157 g/mol. The molecule has 0 amide bonds. The Morgan fingerprint density at radius 1 is 1.62 bits per heavy atom. The quantitative estimate of drug-likeness (QED) is 0.306. The number of halogens is 2. The fourth-order valence-electron chi connectivity index (χ4n) is 0.0478. The molecule has 0 atom stereocenters. The molecule has 8 heavy (non-hydrogen) atoms. The number of rotatable bonds is 2. The number of hydrogen-bond acceptors (Lipinski definition) is 3. The molecular formula is C2H3Cl2NO3. The van der Waals surface area contributed by atoms with E-state index in [0.29, 0.717) is 0 Å². The number of aliphatic carboxylic acids is 1. The lowest BCUT2D eigenvalue weighted by Gasteiger charge is -2.08. The maximum atomic E-state index is 9.77. The molecule has 0 fully saturated rings. The molecule has 4 nitrogen and oxygen atoms in total. The number of hydrogen-bond donors (Lipinski definition) is 3. The third-order valence-electron chi connectivity index (χ3n) is 0.409. The fourth-order valence-corrected chi connectivity index (χ4v) is 0.0478. The number of carbonyl (C=O) groups is 1. The van der Waals surface area contributed by atoms with Crippen LogP contribution < -0.4 is 5.48 Å². The van der Waals surface area contributed by atoms with Gasteiger partial charge >= 0.3 is 5.97 Å². The predicted octanol–water partition coefficient (Wildman–Crippen LogP) is 0.181. The van der Waals surface area contributed by atoms with E-state index >= 15 is 0 Å². The first-order valence-corrected chi connectivity index (χ1v) is 2.29. The van der Waals surface area contributed by atoms with E-state index in [-0.39, 0.29) is 0 Å². The van der Waals surface area contributed by atoms with Gasteiger partial charge in [-0.05, 0) is 0 Å². The van der Waals surface area contributed by atoms with Crippen LogP contribution >= 0.6 is 23.2 Å². The highest BCUT2D eigenvalue weighted by Crippen LogP contribution is 2.14. The monoisotopic (exact) mass is 159 g/mol. The maximum absolute atomic E-state index is 9.77. The Hall–Kier alpha value is -0.0300. The van der Waals surface area contributed by atoms with Crippen molar-refractivity contribution in [1.82, 2.24) is 5.48 Å². The van der Waals surface area contributed by atoms with Gasteiger partial charge in [-0.25, -0.2) is 4.79 Å². The van der Waals surface area contributed by atoms with Crippen molar-refractivity contribution in [2.24, 2.45) is 0 Å². The highest BCUT2D eigenvalue weighted by atomic mass is 35.5. The first-order chi connectivity index (χ1) is 3.50. The van der Waals surface area contributed by atoms with E-state index in [1.165, 1.54) is 5.48 Å². The standard InChI is InChI=1S/C2H3Cl2NO3/c3-2(4,5-8)1(6)7/h5,8H,(H,6,7). The zero-order chi connectivity index (χ0) is 6.78. The molecule has 3 N–H and O–H groups in total. The van der Waals surface area contributed by atoms with E-state index in [1.54, 1.807) is 0 Å². The van der Waals surface area contributed by atoms with Crippen LogP contribution in [0.25, 0.3) is 0 Å². The summed E-state index contributed by atoms with van der Waals surface area (Å²) >= 11 is 9.72. The van der Waals surface area contributed by atoms with Gasteiger partial charge in [0, 0.05) is 0 Å². The van der Waals surface area contributed by atoms with Gasteiger partial charge in [0.05, 0.1) is 0 Å². The number of hydroxylamine groups is 1. The minimum absolute atomic E-state index is 1.17. The molecule has 0 aromatic carbocycles. The highest BCUT2D eigenvalue weighted by Gasteiger charge is 2.32. The van der Waals surface area contributed by atoms with Crippen LogP contribution in [0.4, 0.5) is 0 Å². The number of nitrogens with one attached hydrogen (secondary N) is 1. The molecule has 0 aliphatic heterocycles. The van der Waals surface area contributed by atoms with E-state index in [0.717, 1.165) is 0 Å². The molecule has 0 aromatic rings. The van der Waals surface area contributed by atoms with Crippen molar-refractivity contribution in [3.05, 3.63) is 0 Å². The van der Waals surface area contributed by atoms with Gasteiger partial charge in [0.1, 0.15) is 0 Å². The Bertz CT molecular complexity index is 103. The smallest absolute Gasteiger partial charge is 0.357 e. The average molecular weight is 160 g/mol. The van der Waals surface area contributed by atoms with Crippen molar-refractivity contribution in [2.45, 2.75) is 4.46 Å². The Balaban J connectivity index is 3.91. The van der Waals surface area contributed by atoms with Gasteiger partial charge in [-0.1, -0.05) is 23.2 Å². The second kappa shape index (κ2) is 2.50. The molecule has 0 heterocycles. The molecule has 0 rings (SSSR count). The molecule has 0 bridgehead atoms. The summed E-state index contributed by atoms with van der Waals surface area (Å²) in [6.45, 7) is 0. The summed E-state index contributed by atoms with van der Waals surface area (Å²) in [6, 6.07) is 0. The third-order valence-corrected chi connectivity index (χ3v) is 0.901. The summed E-state index contributed by atoms with van der Waals surface area (Å²) in [7, 11) is 0. The van der Waals surface area contributed by atoms with Gasteiger partial charge in [0.25, 0.3) is 4.46 Å². The van der Waals surface area contributed by atoms with Gasteiger partial charge in [0.2, 0.25) is 0 Å². The van der Waals surface area contributed by atoms with Crippen molar-refractivity contribution in [3.8, 4) is 0 Å². The van der Waals surface area contributed by atoms with Crippen LogP contribution in [0.1, 0.15) is 0 Å². The topological polar surface area (TPSA) is 69.6 Å². The van der Waals surface area contributed by atoms with Crippen molar-refractivity contribution in [1.29, 1.82) is 0 Å². The highest BCUT2D eigenvalue weighted by molar-refractivity contribution is 6.56. The van der Waals surface area contributed by atoms with Gasteiger partial charge in [-0.3, -0.25) is 0 Å². The lowest BCUT2D eigenvalue weighted by atomic mass is 10.7. The lowest BCUT2D eigenvalue weighted by molar-refractivity contribution is -0.141. The molecule has 0 spiro atoms. The normalized spacial score (nSPS) is 11.4. The maximum Gasteiger partial charge on any atom is 0.357 e. The molecule has 0 aromatic heterocycles. The Morgan fingerprint density at radius 2 is 2.00 bits per heavy atom. The summed E-state index contributed by atoms with van der Waals surface area (Å²) in [6.07, 6.45) is 0. The zero-order valence-corrected chi connectivity index (χ0v) is 5.07. The molecule has 0 unspecified atom stereocenters. The molecule has 0 aliphatic rings. The second-order valence-corrected chi connectivity index (χ2v) is 2.32. The number of carboxylic acids is 1. The fraction of sp³-hybridized carbons (Fsp3) is 0.500. The van der Waals surface area contributed by atoms with Gasteiger partial charge in [-0.2, -0.15) is 5.48 Å². The van der Waals surface area contributed by atoms with Crippen LogP contribution in [0.2, 0.25) is 0 Å². The molecule has 0 aliphatic carbocycles. The Kier molecular flexibility index (Phi) is 2.49. The van der Waals surface area contributed by atoms with Gasteiger partial charge in [0.15, 0.2) is 0 Å². The first-order valence-electron chi connectivity index (χ1n) is 1.53. The lowest BCUT2D eigenvalue weighted by Crippen LogP contribution is -2.39. The first kappa shape index (κ1) is 7.97. The van der Waals surface area contributed by atoms with E-state index in [1.807, 2.05) is 0 Å². The Labute approximate surface area is 55.0 Å². The summed E-state index contributed by atoms with van der Waals surface area (Å²) in [5.74, 6) is -1.55. The summed E-state index contributed by atoms with van der Waals surface area (Å²) in [4.78, 5) is 9.77. The number of alkyl halides is 2. The predicted molar refractivity (Wildman–Crippen MR) is 27.0 cm³/mol. The van der Waals surface area contributed by atoms with Gasteiger partial charge < -0.3 is 10.3 Å². The van der Waals surface area contributed by atoms with E-state index in [2.05, 4.69) is 0 Å². The van der Waals surface area contributed by atoms with Crippen molar-refractivity contribution in [2.75, 3.05) is 0 Å². The largest absolute Gasteiger partial charge is 0.478 e. The van der Waals surface area contributed by atoms with Crippen LogP contribution in [-0.2, 0) is 4.79 Å². The average Bonchev–Trinajstić information content (AvgIpc) is 1.67. The van der Waals surface area contributed by atoms with Crippen LogP contribution in [0, 0.1) is 0 Å². The van der Waals surface area contributed by atoms with Crippen molar-refractivity contribution < 1.29 is 15.1 Å². The number of carboxylic acid groups (broad SMARTS) is 1. The van der Waals surface area contributed by atoms with Crippen LogP contribution in [0.5, 0.6) is 0 Å². The molecule has 0 saturated carbocycles. The van der Waals surface area contributed by atoms with Crippen LogP contribution in [0.3, 0.4) is 0 Å². The second-order valence-electron chi connectivity index (χ2n) is 0.991. The van der Waals surface area contributed by atoms with Gasteiger partial charge in [-0.15, -0.1) is 0 Å². The van der Waals surface area contributed by atoms with Crippen LogP contribution in [0.15, 0.2) is 0 Å². The zero-order valence-electron chi connectivity index (χ0n) is 3.56. The minimum Gasteiger partial charge on any atom is -0.478 e. The summed E-state index contributed by atoms with van der Waals surface area (Å²) in [5.41, 5.74) is 1.17. The minimum atomic E-state index is -2.29. The van der Waals surface area contributed by atoms with E-state index in [4.69, 9.17) is 33.5 Å². The molecule has 0 saturated heterocycles. The third kappa shape index (κ3) is 1.83. The summed E-state index contributed by atoms with van der Waals surface area (Å²) < 4.78 is -2.29. The Morgan fingerprint density at radius 3 is 2.00 bits per heavy atom. The molecule has 6 heteroatoms. The molecule has 0 radical (unpaired) electrons. The molecule has 48 valence electrons. The van der Waals surface area contributed by atoms with E-state index < -0.39 is 10.4 Å². The van der Waals surface area contributed by atoms with Crippen molar-refractivity contribution in [3.63, 3.8) is 0 Å². The van der Waals surface area contributed by atoms with E-state index in [9.17, 15) is 4.79 Å². The van der Waals surface area contributed by atoms with Crippen molar-refractivity contribution >= 4 is 29.2 Å². The SMILES string of the molecule is O=C(O)C(Cl)(Cl)NO. The summed E-state index contributed by atoms with van der Waals surface area (Å²) in [5, 5.41) is 15.8. The van der Waals surface area contributed by atoms with Crippen LogP contribution in [-0.4, -0.2) is 20.7 Å².